The van der Waals surface area contributed by atoms with Gasteiger partial charge in [-0.3, -0.25) is 4.79 Å². The maximum Gasteiger partial charge on any atom is 0.228 e. The summed E-state index contributed by atoms with van der Waals surface area (Å²) in [5.74, 6) is 0.143. The SMILES string of the molecule is N#CCN(C(=O)[C@@H]1CCCN(c2nc3ccccc3s2)C1)C1CC1. The van der Waals surface area contributed by atoms with Crippen molar-refractivity contribution in [2.45, 2.75) is 31.7 Å². The summed E-state index contributed by atoms with van der Waals surface area (Å²) in [6, 6.07) is 10.6. The number of carbonyl (C=O) groups is 1. The fraction of sp³-hybridized carbons (Fsp3) is 0.500. The van der Waals surface area contributed by atoms with Gasteiger partial charge in [-0.2, -0.15) is 5.26 Å². The Morgan fingerprint density at radius 1 is 1.38 bits per heavy atom. The van der Waals surface area contributed by atoms with Gasteiger partial charge in [0.05, 0.1) is 22.2 Å². The molecule has 1 aromatic heterocycles. The summed E-state index contributed by atoms with van der Waals surface area (Å²) in [5, 5.41) is 10.0. The van der Waals surface area contributed by atoms with E-state index < -0.39 is 0 Å². The summed E-state index contributed by atoms with van der Waals surface area (Å²) in [6.45, 7) is 1.89. The number of piperidine rings is 1. The Balaban J connectivity index is 1.50. The summed E-state index contributed by atoms with van der Waals surface area (Å²) in [6.07, 6.45) is 4.00. The molecule has 4 rings (SSSR count). The summed E-state index contributed by atoms with van der Waals surface area (Å²) in [7, 11) is 0. The Morgan fingerprint density at radius 3 is 2.96 bits per heavy atom. The Hall–Kier alpha value is -2.13. The van der Waals surface area contributed by atoms with E-state index in [1.54, 1.807) is 16.2 Å². The van der Waals surface area contributed by atoms with Gasteiger partial charge in [-0.05, 0) is 37.8 Å². The van der Waals surface area contributed by atoms with E-state index in [4.69, 9.17) is 10.2 Å². The molecule has 1 aromatic carbocycles. The van der Waals surface area contributed by atoms with E-state index in [-0.39, 0.29) is 18.4 Å². The molecule has 0 unspecified atom stereocenters. The number of thiazole rings is 1. The number of amides is 1. The van der Waals surface area contributed by atoms with Crippen LogP contribution >= 0.6 is 11.3 Å². The van der Waals surface area contributed by atoms with Gasteiger partial charge in [-0.15, -0.1) is 0 Å². The van der Waals surface area contributed by atoms with E-state index in [2.05, 4.69) is 17.0 Å². The van der Waals surface area contributed by atoms with Crippen LogP contribution in [0.4, 0.5) is 5.13 Å². The van der Waals surface area contributed by atoms with Gasteiger partial charge in [0, 0.05) is 19.1 Å². The molecule has 2 aliphatic rings. The predicted octanol–water partition coefficient (Wildman–Crippen LogP) is 3.03. The Kier molecular flexibility index (Phi) is 4.11. The first-order chi connectivity index (χ1) is 11.8. The van der Waals surface area contributed by atoms with Crippen LogP contribution in [0, 0.1) is 17.2 Å². The summed E-state index contributed by atoms with van der Waals surface area (Å²) < 4.78 is 1.19. The van der Waals surface area contributed by atoms with Gasteiger partial charge < -0.3 is 9.80 Å². The fourth-order valence-electron chi connectivity index (χ4n) is 3.43. The van der Waals surface area contributed by atoms with Crippen LogP contribution in [-0.2, 0) is 4.79 Å². The number of fused-ring (bicyclic) bond motifs is 1. The van der Waals surface area contributed by atoms with Crippen molar-refractivity contribution in [2.75, 3.05) is 24.5 Å². The third-order valence-corrected chi connectivity index (χ3v) is 5.93. The maximum atomic E-state index is 12.8. The van der Waals surface area contributed by atoms with Crippen molar-refractivity contribution in [1.82, 2.24) is 9.88 Å². The first-order valence-electron chi connectivity index (χ1n) is 8.54. The van der Waals surface area contributed by atoms with E-state index in [9.17, 15) is 4.79 Å². The van der Waals surface area contributed by atoms with E-state index in [1.165, 1.54) is 4.70 Å². The molecule has 0 N–H and O–H groups in total. The van der Waals surface area contributed by atoms with E-state index in [0.29, 0.717) is 12.6 Å². The zero-order valence-electron chi connectivity index (χ0n) is 13.5. The Bertz CT molecular complexity index is 759. The number of hydrogen-bond donors (Lipinski definition) is 0. The molecule has 2 fully saturated rings. The van der Waals surface area contributed by atoms with Crippen LogP contribution in [0.1, 0.15) is 25.7 Å². The van der Waals surface area contributed by atoms with Crippen LogP contribution in [0.25, 0.3) is 10.2 Å². The van der Waals surface area contributed by atoms with Crippen molar-refractivity contribution in [2.24, 2.45) is 5.92 Å². The molecule has 1 atom stereocenters. The normalized spacial score (nSPS) is 20.8. The summed E-state index contributed by atoms with van der Waals surface area (Å²) >= 11 is 1.69. The molecule has 0 bridgehead atoms. The minimum Gasteiger partial charge on any atom is -0.347 e. The van der Waals surface area contributed by atoms with Crippen molar-refractivity contribution < 1.29 is 4.79 Å². The molecule has 2 aromatic rings. The molecule has 0 spiro atoms. The van der Waals surface area contributed by atoms with Crippen LogP contribution in [0.3, 0.4) is 0 Å². The number of hydrogen-bond acceptors (Lipinski definition) is 5. The third-order valence-electron chi connectivity index (χ3n) is 4.84. The summed E-state index contributed by atoms with van der Waals surface area (Å²) in [5.41, 5.74) is 1.02. The zero-order valence-corrected chi connectivity index (χ0v) is 14.3. The Morgan fingerprint density at radius 2 is 2.21 bits per heavy atom. The van der Waals surface area contributed by atoms with Crippen molar-refractivity contribution in [1.29, 1.82) is 5.26 Å². The second kappa shape index (κ2) is 6.40. The quantitative estimate of drug-likeness (QED) is 0.803. The molecule has 1 saturated heterocycles. The summed E-state index contributed by atoms with van der Waals surface area (Å²) in [4.78, 5) is 21.6. The number of aromatic nitrogens is 1. The number of benzene rings is 1. The second-order valence-electron chi connectivity index (χ2n) is 6.60. The topological polar surface area (TPSA) is 60.2 Å². The molecule has 1 aliphatic carbocycles. The lowest BCUT2D eigenvalue weighted by atomic mass is 9.96. The molecule has 0 radical (unpaired) electrons. The first-order valence-corrected chi connectivity index (χ1v) is 9.36. The molecule has 1 aliphatic heterocycles. The second-order valence-corrected chi connectivity index (χ2v) is 7.61. The van der Waals surface area contributed by atoms with Gasteiger partial charge in [0.15, 0.2) is 5.13 Å². The molecule has 5 nitrogen and oxygen atoms in total. The average Bonchev–Trinajstić information content (AvgIpc) is 3.36. The monoisotopic (exact) mass is 340 g/mol. The van der Waals surface area contributed by atoms with Gasteiger partial charge >= 0.3 is 0 Å². The maximum absolute atomic E-state index is 12.8. The van der Waals surface area contributed by atoms with Gasteiger partial charge in [-0.1, -0.05) is 23.5 Å². The van der Waals surface area contributed by atoms with E-state index >= 15 is 0 Å². The highest BCUT2D eigenvalue weighted by atomic mass is 32.1. The largest absolute Gasteiger partial charge is 0.347 e. The number of rotatable bonds is 4. The highest BCUT2D eigenvalue weighted by Gasteiger charge is 2.37. The van der Waals surface area contributed by atoms with Gasteiger partial charge in [0.1, 0.15) is 6.54 Å². The lowest BCUT2D eigenvalue weighted by molar-refractivity contribution is -0.135. The zero-order chi connectivity index (χ0) is 16.5. The third kappa shape index (κ3) is 2.96. The van der Waals surface area contributed by atoms with Gasteiger partial charge in [0.25, 0.3) is 0 Å². The van der Waals surface area contributed by atoms with Crippen molar-refractivity contribution in [3.05, 3.63) is 24.3 Å². The first kappa shape index (κ1) is 15.4. The van der Waals surface area contributed by atoms with Crippen molar-refractivity contribution in [3.8, 4) is 6.07 Å². The molecular weight excluding hydrogens is 320 g/mol. The number of nitrogens with zero attached hydrogens (tertiary/aromatic N) is 4. The predicted molar refractivity (Wildman–Crippen MR) is 94.9 cm³/mol. The smallest absolute Gasteiger partial charge is 0.228 e. The number of nitriles is 1. The molecule has 124 valence electrons. The molecule has 1 saturated carbocycles. The van der Waals surface area contributed by atoms with Crippen LogP contribution in [0.2, 0.25) is 0 Å². The fourth-order valence-corrected chi connectivity index (χ4v) is 4.43. The highest BCUT2D eigenvalue weighted by Crippen LogP contribution is 2.33. The number of carbonyl (C=O) groups excluding carboxylic acids is 1. The van der Waals surface area contributed by atoms with Gasteiger partial charge in [-0.25, -0.2) is 4.98 Å². The van der Waals surface area contributed by atoms with Crippen LogP contribution < -0.4 is 4.90 Å². The molecular formula is C18H20N4OS. The van der Waals surface area contributed by atoms with Crippen molar-refractivity contribution in [3.63, 3.8) is 0 Å². The minimum absolute atomic E-state index is 0.0142. The number of anilines is 1. The molecule has 24 heavy (non-hydrogen) atoms. The lowest BCUT2D eigenvalue weighted by Gasteiger charge is -2.34. The average molecular weight is 340 g/mol. The van der Waals surface area contributed by atoms with Gasteiger partial charge in [0.2, 0.25) is 5.91 Å². The van der Waals surface area contributed by atoms with Crippen molar-refractivity contribution >= 4 is 32.6 Å². The molecule has 2 heterocycles. The molecule has 6 heteroatoms. The minimum atomic E-state index is -0.0142. The van der Waals surface area contributed by atoms with E-state index in [1.807, 2.05) is 18.2 Å². The molecule has 1 amide bonds. The lowest BCUT2D eigenvalue weighted by Crippen LogP contribution is -2.45. The van der Waals surface area contributed by atoms with Crippen LogP contribution in [-0.4, -0.2) is 41.5 Å². The Labute approximate surface area is 145 Å². The number of para-hydroxylation sites is 1. The standard InChI is InChI=1S/C18H20N4OS/c19-9-11-22(14-7-8-14)17(23)13-4-3-10-21(12-13)18-20-15-5-1-2-6-16(15)24-18/h1-2,5-6,13-14H,3-4,7-8,10-12H2/t13-/m1/s1. The van der Waals surface area contributed by atoms with Crippen LogP contribution in [0.5, 0.6) is 0 Å². The van der Waals surface area contributed by atoms with E-state index in [0.717, 1.165) is 42.9 Å². The highest BCUT2D eigenvalue weighted by molar-refractivity contribution is 7.22. The van der Waals surface area contributed by atoms with Crippen LogP contribution in [0.15, 0.2) is 24.3 Å².